The summed E-state index contributed by atoms with van der Waals surface area (Å²) in [5.74, 6) is -0.193. The topological polar surface area (TPSA) is 143 Å². The van der Waals surface area contributed by atoms with E-state index in [1.54, 1.807) is 12.4 Å². The van der Waals surface area contributed by atoms with Crippen LogP contribution in [0.5, 0.6) is 0 Å². The van der Waals surface area contributed by atoms with Crippen LogP contribution in [0.3, 0.4) is 0 Å². The first-order valence-electron chi connectivity index (χ1n) is 28.8. The number of amides is 2. The molecule has 0 unspecified atom stereocenters. The highest BCUT2D eigenvalue weighted by atomic mass is 16.5. The molecule has 0 aliphatic carbocycles. The zero-order chi connectivity index (χ0) is 56.6. The molecule has 420 valence electrons. The Bertz CT molecular complexity index is 2870. The van der Waals surface area contributed by atoms with Crippen molar-refractivity contribution in [2.75, 3.05) is 26.2 Å². The predicted octanol–water partition coefficient (Wildman–Crippen LogP) is 11.1. The van der Waals surface area contributed by atoms with E-state index in [2.05, 4.69) is 69.1 Å². The van der Waals surface area contributed by atoms with E-state index in [0.717, 1.165) is 35.4 Å². The Balaban J connectivity index is 0.000000198. The second-order valence-electron chi connectivity index (χ2n) is 21.1. The van der Waals surface area contributed by atoms with E-state index in [4.69, 9.17) is 9.47 Å². The molecule has 2 aromatic heterocycles. The Morgan fingerprint density at radius 1 is 0.439 bits per heavy atom. The molecule has 2 fully saturated rings. The lowest BCUT2D eigenvalue weighted by atomic mass is 9.90. The van der Waals surface area contributed by atoms with Crippen molar-refractivity contribution in [3.63, 3.8) is 0 Å². The smallest absolute Gasteiger partial charge is 0.306 e. The molecule has 2 N–H and O–H groups in total. The zero-order valence-electron chi connectivity index (χ0n) is 46.5. The standard InChI is InChI=1S/2C35H37N3O3/c2*39-34(41-26-27-12-4-1-5-13-27)20-19-30-21-23-38(35(40)33(37-30)24-31-18-10-11-22-36-31)25-32(28-14-6-2-7-15-28)29-16-8-3-9-17-29/h2*1-18,22,30,32-33,37H,19-21,23-26H2/t30-,33+;30-,33-/m10/s1. The van der Waals surface area contributed by atoms with Gasteiger partial charge in [-0.1, -0.05) is 194 Å². The monoisotopic (exact) mass is 1090 g/mol. The molecule has 0 spiro atoms. The van der Waals surface area contributed by atoms with Crippen LogP contribution in [-0.4, -0.2) is 93.9 Å². The van der Waals surface area contributed by atoms with Crippen molar-refractivity contribution in [1.29, 1.82) is 0 Å². The van der Waals surface area contributed by atoms with Gasteiger partial charge in [-0.15, -0.1) is 0 Å². The van der Waals surface area contributed by atoms with Crippen LogP contribution in [0.25, 0.3) is 0 Å². The molecule has 10 rings (SSSR count). The minimum absolute atomic E-state index is 0.00818. The summed E-state index contributed by atoms with van der Waals surface area (Å²) < 4.78 is 11.0. The van der Waals surface area contributed by atoms with E-state index in [9.17, 15) is 19.2 Å². The van der Waals surface area contributed by atoms with E-state index in [1.807, 2.05) is 180 Å². The van der Waals surface area contributed by atoms with Gasteiger partial charge in [0.05, 0.1) is 12.1 Å². The van der Waals surface area contributed by atoms with Gasteiger partial charge in [-0.3, -0.25) is 29.1 Å². The number of rotatable bonds is 22. The van der Waals surface area contributed by atoms with Gasteiger partial charge in [-0.25, -0.2) is 0 Å². The molecule has 2 amide bonds. The van der Waals surface area contributed by atoms with Crippen LogP contribution < -0.4 is 10.6 Å². The highest BCUT2D eigenvalue weighted by Crippen LogP contribution is 2.29. The van der Waals surface area contributed by atoms with Gasteiger partial charge < -0.3 is 29.9 Å². The Kier molecular flexibility index (Phi) is 21.9. The van der Waals surface area contributed by atoms with Crippen LogP contribution in [0.4, 0.5) is 0 Å². The average molecular weight is 1100 g/mol. The first-order valence-corrected chi connectivity index (χ1v) is 28.8. The minimum atomic E-state index is -0.426. The fraction of sp³-hybridized carbons (Fsp3) is 0.286. The third-order valence-electron chi connectivity index (χ3n) is 15.4. The minimum Gasteiger partial charge on any atom is -0.461 e. The number of hydrogen-bond donors (Lipinski definition) is 2. The summed E-state index contributed by atoms with van der Waals surface area (Å²) in [5.41, 5.74) is 8.40. The third-order valence-corrected chi connectivity index (χ3v) is 15.4. The van der Waals surface area contributed by atoms with Crippen LogP contribution >= 0.6 is 0 Å². The van der Waals surface area contributed by atoms with E-state index in [-0.39, 0.29) is 60.9 Å². The first-order chi connectivity index (χ1) is 40.3. The summed E-state index contributed by atoms with van der Waals surface area (Å²) in [6, 6.07) is 71.7. The summed E-state index contributed by atoms with van der Waals surface area (Å²) in [6.07, 6.45) is 7.82. The average Bonchev–Trinajstić information content (AvgIpc) is 3.79. The number of hydrogen-bond acceptors (Lipinski definition) is 10. The van der Waals surface area contributed by atoms with E-state index in [1.165, 1.54) is 22.3 Å². The zero-order valence-corrected chi connectivity index (χ0v) is 46.5. The van der Waals surface area contributed by atoms with Crippen molar-refractivity contribution in [3.8, 4) is 0 Å². The number of benzene rings is 6. The maximum atomic E-state index is 14.0. The third kappa shape index (κ3) is 17.7. The number of aromatic nitrogens is 2. The van der Waals surface area contributed by atoms with Crippen molar-refractivity contribution in [2.24, 2.45) is 0 Å². The van der Waals surface area contributed by atoms with Gasteiger partial charge in [0, 0.05) is 99.6 Å². The molecule has 8 aromatic rings. The molecular formula is C70H74N6O6. The lowest BCUT2D eigenvalue weighted by Gasteiger charge is -2.29. The van der Waals surface area contributed by atoms with Gasteiger partial charge in [0.1, 0.15) is 13.2 Å². The molecule has 2 aliphatic rings. The van der Waals surface area contributed by atoms with Crippen molar-refractivity contribution in [1.82, 2.24) is 30.4 Å². The maximum Gasteiger partial charge on any atom is 0.306 e. The molecule has 4 heterocycles. The Morgan fingerprint density at radius 3 is 1.07 bits per heavy atom. The molecule has 0 radical (unpaired) electrons. The van der Waals surface area contributed by atoms with Crippen LogP contribution in [0.2, 0.25) is 0 Å². The SMILES string of the molecule is O=C(CC[C@@H]1CCN(CC(c2ccccc2)c2ccccc2)C(=O)[C@H](Cc2ccccn2)N1)OCc1ccccc1.O=C(CC[C@H]1CCN(CC(c2ccccc2)c2ccccc2)C(=O)[C@H](Cc2ccccn2)N1)OCc1ccccc1. The van der Waals surface area contributed by atoms with Gasteiger partial charge >= 0.3 is 11.9 Å². The van der Waals surface area contributed by atoms with Crippen molar-refractivity contribution in [2.45, 2.75) is 101 Å². The lowest BCUT2D eigenvalue weighted by molar-refractivity contribution is -0.146. The molecular weight excluding hydrogens is 1020 g/mol. The number of pyridine rings is 2. The first kappa shape index (κ1) is 58.1. The fourth-order valence-corrected chi connectivity index (χ4v) is 10.9. The molecule has 2 saturated heterocycles. The summed E-state index contributed by atoms with van der Waals surface area (Å²) in [4.78, 5) is 66.2. The van der Waals surface area contributed by atoms with Gasteiger partial charge in [-0.2, -0.15) is 0 Å². The summed E-state index contributed by atoms with van der Waals surface area (Å²) in [6.45, 7) is 2.94. The number of nitrogens with one attached hydrogen (secondary N) is 2. The van der Waals surface area contributed by atoms with Gasteiger partial charge in [0.25, 0.3) is 0 Å². The van der Waals surface area contributed by atoms with Crippen LogP contribution in [0.1, 0.15) is 95.1 Å². The molecule has 82 heavy (non-hydrogen) atoms. The van der Waals surface area contributed by atoms with Crippen molar-refractivity contribution >= 4 is 23.8 Å². The molecule has 2 aliphatic heterocycles. The van der Waals surface area contributed by atoms with E-state index >= 15 is 0 Å². The molecule has 12 nitrogen and oxygen atoms in total. The summed E-state index contributed by atoms with van der Waals surface area (Å²) in [5, 5.41) is 7.17. The van der Waals surface area contributed by atoms with Crippen molar-refractivity contribution in [3.05, 3.63) is 276 Å². The second-order valence-corrected chi connectivity index (χ2v) is 21.1. The van der Waals surface area contributed by atoms with Crippen LogP contribution in [0.15, 0.2) is 231 Å². The lowest BCUT2D eigenvalue weighted by Crippen LogP contribution is -2.48. The fourth-order valence-electron chi connectivity index (χ4n) is 10.9. The number of carbonyl (C=O) groups is 4. The van der Waals surface area contributed by atoms with Crippen LogP contribution in [-0.2, 0) is 54.7 Å². The highest BCUT2D eigenvalue weighted by molar-refractivity contribution is 5.83. The quantitative estimate of drug-likeness (QED) is 0.0630. The van der Waals surface area contributed by atoms with E-state index < -0.39 is 12.1 Å². The molecule has 4 atom stereocenters. The number of ether oxygens (including phenoxy) is 2. The van der Waals surface area contributed by atoms with Gasteiger partial charge in [0.2, 0.25) is 11.8 Å². The molecule has 6 aromatic carbocycles. The van der Waals surface area contributed by atoms with Gasteiger partial charge in [-0.05, 0) is 83.3 Å². The van der Waals surface area contributed by atoms with Crippen molar-refractivity contribution < 1.29 is 28.7 Å². The Hall–Kier alpha value is -8.58. The highest BCUT2D eigenvalue weighted by Gasteiger charge is 2.35. The Labute approximate surface area is 483 Å². The Morgan fingerprint density at radius 2 is 0.756 bits per heavy atom. The van der Waals surface area contributed by atoms with Crippen LogP contribution in [0, 0.1) is 0 Å². The van der Waals surface area contributed by atoms with Gasteiger partial charge in [0.15, 0.2) is 0 Å². The number of esters is 2. The number of nitrogens with zero attached hydrogens (tertiary/aromatic N) is 4. The normalized spacial score (nSPS) is 17.3. The molecule has 0 bridgehead atoms. The molecule has 12 heteroatoms. The van der Waals surface area contributed by atoms with E-state index in [0.29, 0.717) is 64.7 Å². The maximum absolute atomic E-state index is 14.0. The summed E-state index contributed by atoms with van der Waals surface area (Å²) >= 11 is 0. The largest absolute Gasteiger partial charge is 0.461 e. The molecule has 0 saturated carbocycles. The predicted molar refractivity (Wildman–Crippen MR) is 320 cm³/mol. The summed E-state index contributed by atoms with van der Waals surface area (Å²) in [7, 11) is 0. The second kappa shape index (κ2) is 30.9. The number of carbonyl (C=O) groups excluding carboxylic acids is 4.